The van der Waals surface area contributed by atoms with Gasteiger partial charge in [0.25, 0.3) is 0 Å². The summed E-state index contributed by atoms with van der Waals surface area (Å²) in [5.41, 5.74) is -0.787. The summed E-state index contributed by atoms with van der Waals surface area (Å²) in [5, 5.41) is 11.9. The van der Waals surface area contributed by atoms with Gasteiger partial charge in [0, 0.05) is 48.5 Å². The van der Waals surface area contributed by atoms with Crippen LogP contribution in [0.1, 0.15) is 31.5 Å². The standard InChI is InChI=1S/C28H30F3N5O2/c1-26(2,22-5-3-4-19(10-22)21-14-32-18-33-15-21)17-27(37,28(29,30)31)13-23-11-20-12-25(34-16-24(20)35-23)36-6-8-38-9-7-36/h3-5,10-12,14-16,18,35,37H,6-9,13,17H2,1-2H3. The van der Waals surface area contributed by atoms with Gasteiger partial charge in [0.15, 0.2) is 5.60 Å². The molecule has 0 amide bonds. The maximum atomic E-state index is 14.4. The molecule has 3 aromatic heterocycles. The van der Waals surface area contributed by atoms with Crippen molar-refractivity contribution in [3.63, 3.8) is 0 Å². The third-order valence-corrected chi connectivity index (χ3v) is 7.16. The zero-order valence-corrected chi connectivity index (χ0v) is 21.3. The van der Waals surface area contributed by atoms with Crippen molar-refractivity contribution in [3.8, 4) is 11.1 Å². The van der Waals surface area contributed by atoms with E-state index in [-0.39, 0.29) is 0 Å². The van der Waals surface area contributed by atoms with Crippen LogP contribution in [0.15, 0.2) is 61.3 Å². The summed E-state index contributed by atoms with van der Waals surface area (Å²) < 4.78 is 48.7. The highest BCUT2D eigenvalue weighted by Gasteiger charge is 2.56. The molecular weight excluding hydrogens is 495 g/mol. The Bertz CT molecular complexity index is 1400. The fourth-order valence-corrected chi connectivity index (χ4v) is 5.12. The van der Waals surface area contributed by atoms with Gasteiger partial charge < -0.3 is 19.7 Å². The number of rotatable bonds is 7. The van der Waals surface area contributed by atoms with Crippen LogP contribution in [0.4, 0.5) is 19.0 Å². The highest BCUT2D eigenvalue weighted by atomic mass is 19.4. The number of morpholine rings is 1. The average Bonchev–Trinajstić information content (AvgIpc) is 3.30. The Morgan fingerprint density at radius 2 is 1.74 bits per heavy atom. The predicted octanol–water partition coefficient (Wildman–Crippen LogP) is 5.06. The summed E-state index contributed by atoms with van der Waals surface area (Å²) in [7, 11) is 0. The molecule has 200 valence electrons. The maximum Gasteiger partial charge on any atom is 0.417 e. The van der Waals surface area contributed by atoms with Crippen LogP contribution < -0.4 is 4.90 Å². The third-order valence-electron chi connectivity index (χ3n) is 7.16. The van der Waals surface area contributed by atoms with Gasteiger partial charge in [-0.05, 0) is 35.1 Å². The summed E-state index contributed by atoms with van der Waals surface area (Å²) in [6, 6.07) is 10.8. The highest BCUT2D eigenvalue weighted by Crippen LogP contribution is 2.43. The summed E-state index contributed by atoms with van der Waals surface area (Å²) in [5.74, 6) is 0.752. The van der Waals surface area contributed by atoms with Gasteiger partial charge in [-0.1, -0.05) is 38.1 Å². The number of anilines is 1. The lowest BCUT2D eigenvalue weighted by molar-refractivity contribution is -0.266. The zero-order chi connectivity index (χ0) is 27.0. The van der Waals surface area contributed by atoms with Gasteiger partial charge in [0.2, 0.25) is 0 Å². The molecule has 38 heavy (non-hydrogen) atoms. The van der Waals surface area contributed by atoms with E-state index in [4.69, 9.17) is 4.74 Å². The highest BCUT2D eigenvalue weighted by molar-refractivity contribution is 5.82. The number of fused-ring (bicyclic) bond motifs is 1. The first kappa shape index (κ1) is 26.1. The normalized spacial score (nSPS) is 16.5. The molecule has 1 unspecified atom stereocenters. The Labute approximate surface area is 218 Å². The molecule has 2 N–H and O–H groups in total. The van der Waals surface area contributed by atoms with Crippen molar-refractivity contribution in [2.75, 3.05) is 31.2 Å². The number of pyridine rings is 1. The molecule has 1 atom stereocenters. The zero-order valence-electron chi connectivity index (χ0n) is 21.3. The SMILES string of the molecule is CC(C)(CC(O)(Cc1cc2cc(N3CCOCC3)ncc2[nH]1)C(F)(F)F)c1cccc(-c2cncnc2)c1. The fourth-order valence-electron chi connectivity index (χ4n) is 5.12. The van der Waals surface area contributed by atoms with Gasteiger partial charge in [-0.15, -0.1) is 0 Å². The Morgan fingerprint density at radius 3 is 2.45 bits per heavy atom. The van der Waals surface area contributed by atoms with E-state index in [1.807, 2.05) is 18.2 Å². The van der Waals surface area contributed by atoms with E-state index >= 15 is 0 Å². The second kappa shape index (κ2) is 9.99. The first-order valence-electron chi connectivity index (χ1n) is 12.5. The largest absolute Gasteiger partial charge is 0.417 e. The number of H-pyrrole nitrogens is 1. The number of aromatic nitrogens is 4. The number of ether oxygens (including phenoxy) is 1. The van der Waals surface area contributed by atoms with Crippen LogP contribution in [-0.4, -0.2) is 63.1 Å². The monoisotopic (exact) mass is 525 g/mol. The van der Waals surface area contributed by atoms with Crippen molar-refractivity contribution in [1.29, 1.82) is 0 Å². The van der Waals surface area contributed by atoms with Gasteiger partial charge in [-0.2, -0.15) is 13.2 Å². The molecular formula is C28H30F3N5O2. The lowest BCUT2D eigenvalue weighted by Gasteiger charge is -2.38. The first-order chi connectivity index (χ1) is 18.0. The Morgan fingerprint density at radius 1 is 1.00 bits per heavy atom. The molecule has 5 rings (SSSR count). The molecule has 1 aliphatic rings. The van der Waals surface area contributed by atoms with Gasteiger partial charge in [0.05, 0.1) is 24.9 Å². The number of nitrogens with one attached hydrogen (secondary N) is 1. The maximum absolute atomic E-state index is 14.4. The van der Waals surface area contributed by atoms with Crippen molar-refractivity contribution in [1.82, 2.24) is 19.9 Å². The van der Waals surface area contributed by atoms with Crippen LogP contribution in [-0.2, 0) is 16.6 Å². The summed E-state index contributed by atoms with van der Waals surface area (Å²) >= 11 is 0. The van der Waals surface area contributed by atoms with E-state index in [2.05, 4.69) is 24.8 Å². The van der Waals surface area contributed by atoms with Crippen LogP contribution in [0, 0.1) is 0 Å². The van der Waals surface area contributed by atoms with E-state index in [1.54, 1.807) is 50.6 Å². The molecule has 0 saturated carbocycles. The van der Waals surface area contributed by atoms with Crippen LogP contribution in [0.3, 0.4) is 0 Å². The number of hydrogen-bond acceptors (Lipinski definition) is 6. The average molecular weight is 526 g/mol. The van der Waals surface area contributed by atoms with E-state index < -0.39 is 30.0 Å². The van der Waals surface area contributed by atoms with Crippen molar-refractivity contribution < 1.29 is 23.0 Å². The second-order valence-corrected chi connectivity index (χ2v) is 10.5. The Hall–Kier alpha value is -3.50. The number of aliphatic hydroxyl groups is 1. The van der Waals surface area contributed by atoms with E-state index in [0.717, 1.165) is 22.3 Å². The van der Waals surface area contributed by atoms with E-state index in [1.165, 1.54) is 6.33 Å². The van der Waals surface area contributed by atoms with Gasteiger partial charge in [-0.3, -0.25) is 0 Å². The van der Waals surface area contributed by atoms with Crippen molar-refractivity contribution in [2.45, 2.75) is 43.9 Å². The lowest BCUT2D eigenvalue weighted by Crippen LogP contribution is -2.50. The minimum Gasteiger partial charge on any atom is -0.380 e. The number of alkyl halides is 3. The molecule has 1 saturated heterocycles. The number of benzene rings is 1. The van der Waals surface area contributed by atoms with Crippen molar-refractivity contribution in [3.05, 3.63) is 72.6 Å². The number of halogens is 3. The predicted molar refractivity (Wildman–Crippen MR) is 139 cm³/mol. The molecule has 1 aromatic carbocycles. The van der Waals surface area contributed by atoms with Gasteiger partial charge >= 0.3 is 6.18 Å². The molecule has 10 heteroatoms. The van der Waals surface area contributed by atoms with E-state index in [9.17, 15) is 18.3 Å². The Balaban J connectivity index is 1.41. The molecule has 0 bridgehead atoms. The number of hydrogen-bond donors (Lipinski definition) is 2. The summed E-state index contributed by atoms with van der Waals surface area (Å²) in [4.78, 5) is 17.6. The van der Waals surface area contributed by atoms with Gasteiger partial charge in [-0.25, -0.2) is 15.0 Å². The molecule has 4 aromatic rings. The third kappa shape index (κ3) is 5.37. The summed E-state index contributed by atoms with van der Waals surface area (Å²) in [6.07, 6.45) is 0.381. The summed E-state index contributed by atoms with van der Waals surface area (Å²) in [6.45, 7) is 6.06. The quantitative estimate of drug-likeness (QED) is 0.351. The smallest absolute Gasteiger partial charge is 0.380 e. The molecule has 4 heterocycles. The lowest BCUT2D eigenvalue weighted by atomic mass is 9.73. The van der Waals surface area contributed by atoms with E-state index in [0.29, 0.717) is 43.1 Å². The Kier molecular flexibility index (Phi) is 6.87. The molecule has 1 aliphatic heterocycles. The van der Waals surface area contributed by atoms with Crippen LogP contribution in [0.2, 0.25) is 0 Å². The molecule has 0 radical (unpaired) electrons. The first-order valence-corrected chi connectivity index (χ1v) is 12.5. The van der Waals surface area contributed by atoms with Crippen LogP contribution in [0.25, 0.3) is 22.0 Å². The molecule has 0 aliphatic carbocycles. The minimum absolute atomic E-state index is 0.298. The number of aromatic amines is 1. The van der Waals surface area contributed by atoms with Crippen LogP contribution >= 0.6 is 0 Å². The van der Waals surface area contributed by atoms with Crippen molar-refractivity contribution in [2.24, 2.45) is 0 Å². The molecule has 0 spiro atoms. The molecule has 1 fully saturated rings. The minimum atomic E-state index is -4.84. The van der Waals surface area contributed by atoms with Crippen LogP contribution in [0.5, 0.6) is 0 Å². The van der Waals surface area contributed by atoms with Gasteiger partial charge in [0.1, 0.15) is 12.1 Å². The second-order valence-electron chi connectivity index (χ2n) is 10.5. The van der Waals surface area contributed by atoms with Crippen molar-refractivity contribution >= 4 is 16.7 Å². The number of nitrogens with zero attached hydrogens (tertiary/aromatic N) is 4. The topological polar surface area (TPSA) is 87.2 Å². The molecule has 7 nitrogen and oxygen atoms in total. The fraction of sp³-hybridized carbons (Fsp3) is 0.393.